The average Bonchev–Trinajstić information content (AvgIpc) is 3.34. The Morgan fingerprint density at radius 2 is 1.33 bits per heavy atom. The first kappa shape index (κ1) is 22.0. The molecule has 180 valence electrons. The molecule has 0 bridgehead atoms. The minimum atomic E-state index is -0.0250. The smallest absolute Gasteiger partial charge is 0.0886 e. The van der Waals surface area contributed by atoms with Gasteiger partial charge in [-0.05, 0) is 68.1 Å². The summed E-state index contributed by atoms with van der Waals surface area (Å²) < 4.78 is 2.37. The zero-order chi connectivity index (χ0) is 24.7. The van der Waals surface area contributed by atoms with Crippen LogP contribution in [0.4, 0.5) is 11.4 Å². The van der Waals surface area contributed by atoms with E-state index < -0.39 is 0 Å². The van der Waals surface area contributed by atoms with E-state index in [1.165, 1.54) is 63.6 Å². The molecule has 1 aromatic heterocycles. The molecule has 3 heteroatoms. The van der Waals surface area contributed by atoms with Gasteiger partial charge in [-0.25, -0.2) is 0 Å². The lowest BCUT2D eigenvalue weighted by Gasteiger charge is -2.50. The van der Waals surface area contributed by atoms with Crippen LogP contribution in [-0.4, -0.2) is 10.1 Å². The van der Waals surface area contributed by atoms with Gasteiger partial charge in [0.05, 0.1) is 33.0 Å². The fourth-order valence-corrected chi connectivity index (χ4v) is 7.81. The number of nitrogens with zero attached hydrogens (tertiary/aromatic N) is 2. The van der Waals surface area contributed by atoms with Gasteiger partial charge in [-0.1, -0.05) is 86.0 Å². The van der Waals surface area contributed by atoms with Gasteiger partial charge in [0.15, 0.2) is 0 Å². The van der Waals surface area contributed by atoms with Crippen LogP contribution in [0.2, 0.25) is 5.02 Å². The Balaban J connectivity index is 1.60. The van der Waals surface area contributed by atoms with Crippen LogP contribution in [0.15, 0.2) is 84.9 Å². The molecule has 5 aromatic rings. The average molecular weight is 491 g/mol. The molecule has 1 saturated carbocycles. The third-order valence-corrected chi connectivity index (χ3v) is 9.67. The number of anilines is 2. The molecule has 36 heavy (non-hydrogen) atoms. The first-order chi connectivity index (χ1) is 17.5. The molecule has 0 radical (unpaired) electrons. The number of benzene rings is 4. The Morgan fingerprint density at radius 1 is 0.750 bits per heavy atom. The van der Waals surface area contributed by atoms with Crippen molar-refractivity contribution in [2.75, 3.05) is 4.90 Å². The standard InChI is InChI=1S/C33H31ClN2/c1-22-21-28(35-26-17-9-7-15-24(26)25-16-8-10-18-27(25)35)30(34)31-29(22)32(2)19-11-12-20-33(32,3)36(31)23-13-5-4-6-14-23/h4-10,13-18,21H,11-12,19-20H2,1-3H3. The summed E-state index contributed by atoms with van der Waals surface area (Å²) in [4.78, 5) is 2.59. The van der Waals surface area contributed by atoms with E-state index >= 15 is 0 Å². The number of aromatic nitrogens is 1. The minimum Gasteiger partial charge on any atom is -0.333 e. The second-order valence-electron chi connectivity index (χ2n) is 11.1. The van der Waals surface area contributed by atoms with E-state index in [1.807, 2.05) is 0 Å². The van der Waals surface area contributed by atoms with Gasteiger partial charge >= 0.3 is 0 Å². The van der Waals surface area contributed by atoms with E-state index in [2.05, 4.69) is 115 Å². The zero-order valence-corrected chi connectivity index (χ0v) is 21.9. The Hall–Kier alpha value is -3.23. The van der Waals surface area contributed by atoms with Crippen molar-refractivity contribution in [2.24, 2.45) is 0 Å². The molecular formula is C33H31ClN2. The predicted molar refractivity (Wildman–Crippen MR) is 153 cm³/mol. The lowest BCUT2D eigenvalue weighted by Crippen LogP contribution is -2.54. The maximum Gasteiger partial charge on any atom is 0.0886 e. The second-order valence-corrected chi connectivity index (χ2v) is 11.5. The number of hydrogen-bond acceptors (Lipinski definition) is 1. The molecule has 1 aliphatic heterocycles. The van der Waals surface area contributed by atoms with E-state index in [-0.39, 0.29) is 11.0 Å². The van der Waals surface area contributed by atoms with Crippen LogP contribution in [-0.2, 0) is 5.41 Å². The molecule has 0 spiro atoms. The number of aryl methyl sites for hydroxylation is 1. The van der Waals surface area contributed by atoms with Crippen LogP contribution >= 0.6 is 11.6 Å². The molecule has 0 saturated heterocycles. The van der Waals surface area contributed by atoms with E-state index in [4.69, 9.17) is 11.6 Å². The quantitative estimate of drug-likeness (QED) is 0.239. The van der Waals surface area contributed by atoms with E-state index in [0.29, 0.717) is 0 Å². The fraction of sp³-hybridized carbons (Fsp3) is 0.273. The van der Waals surface area contributed by atoms with E-state index in [0.717, 1.165) is 17.1 Å². The van der Waals surface area contributed by atoms with Crippen LogP contribution in [0.1, 0.15) is 50.7 Å². The molecule has 4 aromatic carbocycles. The van der Waals surface area contributed by atoms with Crippen LogP contribution < -0.4 is 4.90 Å². The topological polar surface area (TPSA) is 8.17 Å². The number of fused-ring (bicyclic) bond motifs is 6. The molecule has 2 unspecified atom stereocenters. The fourth-order valence-electron chi connectivity index (χ4n) is 7.49. The molecule has 0 N–H and O–H groups in total. The van der Waals surface area contributed by atoms with Crippen molar-refractivity contribution in [3.8, 4) is 5.69 Å². The predicted octanol–water partition coefficient (Wildman–Crippen LogP) is 9.49. The highest BCUT2D eigenvalue weighted by Gasteiger charge is 2.59. The number of rotatable bonds is 2. The van der Waals surface area contributed by atoms with Crippen molar-refractivity contribution in [1.29, 1.82) is 0 Å². The van der Waals surface area contributed by atoms with Crippen molar-refractivity contribution >= 4 is 44.8 Å². The minimum absolute atomic E-state index is 0.0250. The van der Waals surface area contributed by atoms with Crippen LogP contribution in [0.25, 0.3) is 27.5 Å². The highest BCUT2D eigenvalue weighted by Crippen LogP contribution is 2.64. The van der Waals surface area contributed by atoms with Crippen LogP contribution in [0.3, 0.4) is 0 Å². The lowest BCUT2D eigenvalue weighted by molar-refractivity contribution is 0.194. The third-order valence-electron chi connectivity index (χ3n) is 9.30. The van der Waals surface area contributed by atoms with Crippen molar-refractivity contribution in [2.45, 2.75) is 57.4 Å². The normalized spacial score (nSPS) is 23.3. The van der Waals surface area contributed by atoms with Crippen molar-refractivity contribution in [3.05, 3.63) is 101 Å². The Labute approximate surface area is 218 Å². The van der Waals surface area contributed by atoms with Crippen molar-refractivity contribution in [1.82, 2.24) is 4.57 Å². The van der Waals surface area contributed by atoms with Gasteiger partial charge in [-0.15, -0.1) is 0 Å². The highest BCUT2D eigenvalue weighted by molar-refractivity contribution is 6.36. The largest absolute Gasteiger partial charge is 0.333 e. The second kappa shape index (κ2) is 7.63. The Kier molecular flexibility index (Phi) is 4.67. The van der Waals surface area contributed by atoms with Gasteiger partial charge in [-0.3, -0.25) is 0 Å². The van der Waals surface area contributed by atoms with Crippen molar-refractivity contribution in [3.63, 3.8) is 0 Å². The molecule has 1 aliphatic carbocycles. The maximum atomic E-state index is 7.59. The van der Waals surface area contributed by atoms with Gasteiger partial charge in [0.2, 0.25) is 0 Å². The maximum absolute atomic E-state index is 7.59. The molecule has 2 nitrogen and oxygen atoms in total. The summed E-state index contributed by atoms with van der Waals surface area (Å²) in [5.74, 6) is 0. The molecule has 2 atom stereocenters. The first-order valence-corrected chi connectivity index (χ1v) is 13.5. The van der Waals surface area contributed by atoms with Gasteiger partial charge in [-0.2, -0.15) is 0 Å². The van der Waals surface area contributed by atoms with Crippen LogP contribution in [0.5, 0.6) is 0 Å². The van der Waals surface area contributed by atoms with Gasteiger partial charge in [0, 0.05) is 21.9 Å². The number of para-hydroxylation sites is 3. The Morgan fingerprint density at radius 3 is 2.00 bits per heavy atom. The zero-order valence-electron chi connectivity index (χ0n) is 21.2. The molecule has 7 rings (SSSR count). The SMILES string of the molecule is Cc1cc(-n2c3ccccc3c3ccccc32)c(Cl)c2c1C1(C)CCCCC1(C)N2c1ccccc1. The summed E-state index contributed by atoms with van der Waals surface area (Å²) in [5, 5.41) is 3.37. The Bertz CT molecular complexity index is 1600. The summed E-state index contributed by atoms with van der Waals surface area (Å²) in [5.41, 5.74) is 8.67. The summed E-state index contributed by atoms with van der Waals surface area (Å²) in [6.07, 6.45) is 4.86. The third kappa shape index (κ3) is 2.69. The molecule has 1 fully saturated rings. The molecule has 2 heterocycles. The molecule has 2 aliphatic rings. The number of halogens is 1. The van der Waals surface area contributed by atoms with E-state index in [9.17, 15) is 0 Å². The van der Waals surface area contributed by atoms with E-state index in [1.54, 1.807) is 0 Å². The molecule has 0 amide bonds. The molecular weight excluding hydrogens is 460 g/mol. The van der Waals surface area contributed by atoms with Gasteiger partial charge in [0.1, 0.15) is 0 Å². The highest BCUT2D eigenvalue weighted by atomic mass is 35.5. The van der Waals surface area contributed by atoms with Crippen molar-refractivity contribution < 1.29 is 0 Å². The summed E-state index contributed by atoms with van der Waals surface area (Å²) in [6.45, 7) is 7.24. The summed E-state index contributed by atoms with van der Waals surface area (Å²) in [7, 11) is 0. The van der Waals surface area contributed by atoms with Gasteiger partial charge < -0.3 is 9.47 Å². The van der Waals surface area contributed by atoms with Crippen LogP contribution in [0, 0.1) is 6.92 Å². The summed E-state index contributed by atoms with van der Waals surface area (Å²) in [6, 6.07) is 30.6. The number of hydrogen-bond donors (Lipinski definition) is 0. The van der Waals surface area contributed by atoms with Gasteiger partial charge in [0.25, 0.3) is 0 Å². The monoisotopic (exact) mass is 490 g/mol. The lowest BCUT2D eigenvalue weighted by atomic mass is 9.61. The first-order valence-electron chi connectivity index (χ1n) is 13.1. The summed E-state index contributed by atoms with van der Waals surface area (Å²) >= 11 is 7.59.